The lowest BCUT2D eigenvalue weighted by atomic mass is 10.2. The molecule has 1 heterocycles. The molecule has 0 N–H and O–H groups in total. The third-order valence-corrected chi connectivity index (χ3v) is 6.16. The SMILES string of the molecule is Cc1cccc2sc(N(CCCN(C)C)C(=O)c3ccccc3I)nc12. The Kier molecular flexibility index (Phi) is 6.26. The monoisotopic (exact) mass is 479 g/mol. The summed E-state index contributed by atoms with van der Waals surface area (Å²) in [6.07, 6.45) is 0.900. The summed E-state index contributed by atoms with van der Waals surface area (Å²) < 4.78 is 2.08. The molecule has 2 aromatic carbocycles. The number of hydrogen-bond acceptors (Lipinski definition) is 4. The summed E-state index contributed by atoms with van der Waals surface area (Å²) in [6, 6.07) is 13.9. The number of aryl methyl sites for hydroxylation is 1. The Morgan fingerprint density at radius 2 is 1.88 bits per heavy atom. The Labute approximate surface area is 172 Å². The van der Waals surface area contributed by atoms with Crippen LogP contribution in [0.4, 0.5) is 5.13 Å². The van der Waals surface area contributed by atoms with Gasteiger partial charge in [-0.2, -0.15) is 0 Å². The number of halogens is 1. The number of nitrogens with zero attached hydrogens (tertiary/aromatic N) is 3. The summed E-state index contributed by atoms with van der Waals surface area (Å²) in [4.78, 5) is 22.0. The van der Waals surface area contributed by atoms with Crippen molar-refractivity contribution in [2.45, 2.75) is 13.3 Å². The van der Waals surface area contributed by atoms with Gasteiger partial charge in [0.05, 0.1) is 15.8 Å². The molecule has 0 atom stereocenters. The fourth-order valence-corrected chi connectivity index (χ4v) is 4.49. The van der Waals surface area contributed by atoms with Gasteiger partial charge in [0.2, 0.25) is 0 Å². The third-order valence-electron chi connectivity index (χ3n) is 4.18. The van der Waals surface area contributed by atoms with Crippen LogP contribution in [0.5, 0.6) is 0 Å². The number of carbonyl (C=O) groups is 1. The van der Waals surface area contributed by atoms with E-state index < -0.39 is 0 Å². The Balaban J connectivity index is 1.97. The van der Waals surface area contributed by atoms with E-state index >= 15 is 0 Å². The van der Waals surface area contributed by atoms with Crippen molar-refractivity contribution in [3.63, 3.8) is 0 Å². The number of rotatable bonds is 6. The second-order valence-electron chi connectivity index (χ2n) is 6.51. The zero-order valence-electron chi connectivity index (χ0n) is 15.2. The summed E-state index contributed by atoms with van der Waals surface area (Å²) in [5.74, 6) is 0.0189. The molecule has 0 fully saturated rings. The number of thiazole rings is 1. The molecule has 6 heteroatoms. The molecule has 1 aromatic heterocycles. The van der Waals surface area contributed by atoms with Crippen LogP contribution >= 0.6 is 33.9 Å². The quantitative estimate of drug-likeness (QED) is 0.477. The van der Waals surface area contributed by atoms with Gasteiger partial charge in [-0.1, -0.05) is 35.6 Å². The van der Waals surface area contributed by atoms with Gasteiger partial charge in [-0.3, -0.25) is 9.69 Å². The Morgan fingerprint density at radius 1 is 1.12 bits per heavy atom. The van der Waals surface area contributed by atoms with Crippen molar-refractivity contribution in [1.29, 1.82) is 0 Å². The van der Waals surface area contributed by atoms with Gasteiger partial charge in [-0.05, 0) is 80.3 Å². The molecular formula is C20H22IN3OS. The summed E-state index contributed by atoms with van der Waals surface area (Å²) in [5.41, 5.74) is 2.86. The van der Waals surface area contributed by atoms with Gasteiger partial charge in [0, 0.05) is 10.1 Å². The second-order valence-corrected chi connectivity index (χ2v) is 8.68. The van der Waals surface area contributed by atoms with Crippen molar-refractivity contribution >= 4 is 55.2 Å². The number of aromatic nitrogens is 1. The molecule has 4 nitrogen and oxygen atoms in total. The van der Waals surface area contributed by atoms with Gasteiger partial charge < -0.3 is 4.90 Å². The van der Waals surface area contributed by atoms with E-state index in [2.05, 4.69) is 46.5 Å². The average Bonchev–Trinajstić information content (AvgIpc) is 3.03. The maximum Gasteiger partial charge on any atom is 0.261 e. The minimum atomic E-state index is 0.0189. The lowest BCUT2D eigenvalue weighted by Gasteiger charge is -2.21. The van der Waals surface area contributed by atoms with Crippen molar-refractivity contribution in [2.24, 2.45) is 0 Å². The van der Waals surface area contributed by atoms with Crippen molar-refractivity contribution in [3.8, 4) is 0 Å². The molecule has 136 valence electrons. The maximum atomic E-state index is 13.3. The predicted octanol–water partition coefficient (Wildman–Crippen LogP) is 4.81. The number of anilines is 1. The number of benzene rings is 2. The lowest BCUT2D eigenvalue weighted by Crippen LogP contribution is -2.33. The van der Waals surface area contributed by atoms with Crippen LogP contribution in [-0.4, -0.2) is 43.0 Å². The summed E-state index contributed by atoms with van der Waals surface area (Å²) in [6.45, 7) is 3.64. The molecule has 3 rings (SSSR count). The maximum absolute atomic E-state index is 13.3. The topological polar surface area (TPSA) is 36.4 Å². The zero-order valence-corrected chi connectivity index (χ0v) is 18.2. The van der Waals surface area contributed by atoms with Crippen molar-refractivity contribution < 1.29 is 4.79 Å². The molecule has 0 radical (unpaired) electrons. The van der Waals surface area contributed by atoms with Gasteiger partial charge >= 0.3 is 0 Å². The Bertz CT molecular complexity index is 922. The number of hydrogen-bond donors (Lipinski definition) is 0. The average molecular weight is 479 g/mol. The van der Waals surface area contributed by atoms with Crippen LogP contribution in [-0.2, 0) is 0 Å². The van der Waals surface area contributed by atoms with E-state index in [1.54, 1.807) is 11.3 Å². The van der Waals surface area contributed by atoms with Crippen molar-refractivity contribution in [3.05, 3.63) is 57.2 Å². The van der Waals surface area contributed by atoms with E-state index in [0.29, 0.717) is 6.54 Å². The first-order valence-corrected chi connectivity index (χ1v) is 10.4. The van der Waals surface area contributed by atoms with Crippen molar-refractivity contribution in [2.75, 3.05) is 32.1 Å². The van der Waals surface area contributed by atoms with E-state index in [0.717, 1.165) is 43.0 Å². The molecule has 0 saturated heterocycles. The molecule has 0 aliphatic carbocycles. The highest BCUT2D eigenvalue weighted by molar-refractivity contribution is 14.1. The fourth-order valence-electron chi connectivity index (χ4n) is 2.80. The van der Waals surface area contributed by atoms with Crippen LogP contribution in [0.2, 0.25) is 0 Å². The van der Waals surface area contributed by atoms with E-state index in [1.165, 1.54) is 0 Å². The first-order chi connectivity index (χ1) is 12.5. The van der Waals surface area contributed by atoms with Gasteiger partial charge in [0.15, 0.2) is 5.13 Å². The minimum Gasteiger partial charge on any atom is -0.309 e. The zero-order chi connectivity index (χ0) is 18.7. The van der Waals surface area contributed by atoms with Crippen LogP contribution in [0.1, 0.15) is 22.3 Å². The molecule has 26 heavy (non-hydrogen) atoms. The highest BCUT2D eigenvalue weighted by Crippen LogP contribution is 2.32. The number of para-hydroxylation sites is 1. The smallest absolute Gasteiger partial charge is 0.261 e. The van der Waals surface area contributed by atoms with Gasteiger partial charge in [-0.15, -0.1) is 0 Å². The van der Waals surface area contributed by atoms with Crippen LogP contribution in [0.25, 0.3) is 10.2 Å². The molecular weight excluding hydrogens is 457 g/mol. The molecule has 3 aromatic rings. The Hall–Kier alpha value is -1.51. The molecule has 0 bridgehead atoms. The highest BCUT2D eigenvalue weighted by Gasteiger charge is 2.23. The molecule has 0 unspecified atom stereocenters. The van der Waals surface area contributed by atoms with Crippen LogP contribution < -0.4 is 4.90 Å². The number of fused-ring (bicyclic) bond motifs is 1. The molecule has 0 aliphatic rings. The second kappa shape index (κ2) is 8.45. The molecule has 0 saturated carbocycles. The van der Waals surface area contributed by atoms with Crippen LogP contribution in [0, 0.1) is 10.5 Å². The standard InChI is InChI=1S/C20H22IN3OS/c1-14-8-6-11-17-18(14)22-20(26-17)24(13-7-12-23(2)3)19(25)15-9-4-5-10-16(15)21/h4-6,8-11H,7,12-13H2,1-3H3. The molecule has 0 spiro atoms. The third kappa shape index (κ3) is 4.24. The Morgan fingerprint density at radius 3 is 2.58 bits per heavy atom. The normalized spacial score (nSPS) is 11.3. The largest absolute Gasteiger partial charge is 0.309 e. The van der Waals surface area contributed by atoms with E-state index in [9.17, 15) is 4.79 Å². The highest BCUT2D eigenvalue weighted by atomic mass is 127. The molecule has 0 aliphatic heterocycles. The lowest BCUT2D eigenvalue weighted by molar-refractivity contribution is 0.0985. The van der Waals surface area contributed by atoms with Crippen LogP contribution in [0.15, 0.2) is 42.5 Å². The number of carbonyl (C=O) groups excluding carboxylic acids is 1. The summed E-state index contributed by atoms with van der Waals surface area (Å²) in [5, 5.41) is 0.776. The molecule has 1 amide bonds. The summed E-state index contributed by atoms with van der Waals surface area (Å²) >= 11 is 3.81. The van der Waals surface area contributed by atoms with E-state index in [4.69, 9.17) is 4.98 Å². The fraction of sp³-hybridized carbons (Fsp3) is 0.300. The number of amides is 1. The minimum absolute atomic E-state index is 0.0189. The first-order valence-electron chi connectivity index (χ1n) is 8.54. The van der Waals surface area contributed by atoms with Gasteiger partial charge in [-0.25, -0.2) is 4.98 Å². The van der Waals surface area contributed by atoms with Crippen LogP contribution in [0.3, 0.4) is 0 Å². The first kappa shape index (κ1) is 19.3. The van der Waals surface area contributed by atoms with Gasteiger partial charge in [0.1, 0.15) is 0 Å². The summed E-state index contributed by atoms with van der Waals surface area (Å²) in [7, 11) is 4.10. The van der Waals surface area contributed by atoms with E-state index in [1.807, 2.05) is 49.3 Å². The van der Waals surface area contributed by atoms with Gasteiger partial charge in [0.25, 0.3) is 5.91 Å². The van der Waals surface area contributed by atoms with E-state index in [-0.39, 0.29) is 5.91 Å². The van der Waals surface area contributed by atoms with Crippen molar-refractivity contribution in [1.82, 2.24) is 9.88 Å². The predicted molar refractivity (Wildman–Crippen MR) is 118 cm³/mol.